The van der Waals surface area contributed by atoms with E-state index in [9.17, 15) is 4.79 Å². The molecule has 0 N–H and O–H groups in total. The summed E-state index contributed by atoms with van der Waals surface area (Å²) in [6.45, 7) is 0.354. The molecule has 0 aromatic heterocycles. The Balaban J connectivity index is 2.31. The molecule has 0 atom stereocenters. The molecule has 0 heterocycles. The van der Waals surface area contributed by atoms with E-state index in [1.807, 2.05) is 12.1 Å². The van der Waals surface area contributed by atoms with E-state index in [0.717, 1.165) is 5.56 Å². The van der Waals surface area contributed by atoms with Crippen LogP contribution >= 0.6 is 23.2 Å². The summed E-state index contributed by atoms with van der Waals surface area (Å²) in [6, 6.07) is 7.41. The normalized spacial score (nSPS) is 9.86. The third kappa shape index (κ3) is 3.99. The Morgan fingerprint density at radius 3 is 2.50 bits per heavy atom. The largest absolute Gasteiger partial charge is 0.464 e. The van der Waals surface area contributed by atoms with Crippen molar-refractivity contribution >= 4 is 29.2 Å². The van der Waals surface area contributed by atoms with Gasteiger partial charge in [-0.2, -0.15) is 0 Å². The zero-order valence-corrected chi connectivity index (χ0v) is 9.02. The van der Waals surface area contributed by atoms with Crippen molar-refractivity contribution in [1.82, 2.24) is 0 Å². The van der Waals surface area contributed by atoms with Gasteiger partial charge in [-0.1, -0.05) is 23.7 Å². The molecular formula is C10H10Cl2O2. The number of benzene rings is 1. The van der Waals surface area contributed by atoms with Crippen LogP contribution < -0.4 is 0 Å². The Morgan fingerprint density at radius 1 is 1.29 bits per heavy atom. The molecule has 0 saturated heterocycles. The van der Waals surface area contributed by atoms with E-state index < -0.39 is 0 Å². The molecule has 0 aliphatic carbocycles. The van der Waals surface area contributed by atoms with Gasteiger partial charge in [0, 0.05) is 11.4 Å². The van der Waals surface area contributed by atoms with Crippen molar-refractivity contribution in [1.29, 1.82) is 0 Å². The number of halogens is 2. The van der Waals surface area contributed by atoms with Gasteiger partial charge >= 0.3 is 5.97 Å². The second-order valence-corrected chi connectivity index (χ2v) is 3.43. The van der Waals surface area contributed by atoms with Gasteiger partial charge < -0.3 is 4.74 Å². The third-order valence-corrected chi connectivity index (χ3v) is 2.15. The summed E-state index contributed by atoms with van der Waals surface area (Å²) < 4.78 is 4.82. The lowest BCUT2D eigenvalue weighted by atomic mass is 10.2. The highest BCUT2D eigenvalue weighted by Gasteiger charge is 1.99. The van der Waals surface area contributed by atoms with Gasteiger partial charge in [-0.3, -0.25) is 4.79 Å². The van der Waals surface area contributed by atoms with Crippen LogP contribution in [0.5, 0.6) is 0 Å². The monoisotopic (exact) mass is 232 g/mol. The number of carbonyl (C=O) groups excluding carboxylic acids is 1. The number of hydrogen-bond donors (Lipinski definition) is 0. The number of ether oxygens (including phenoxy) is 1. The zero-order valence-electron chi connectivity index (χ0n) is 7.50. The van der Waals surface area contributed by atoms with Crippen molar-refractivity contribution in [2.75, 3.05) is 12.5 Å². The van der Waals surface area contributed by atoms with Crippen LogP contribution in [0.15, 0.2) is 24.3 Å². The molecule has 0 bridgehead atoms. The average molecular weight is 233 g/mol. The fourth-order valence-corrected chi connectivity index (χ4v) is 1.18. The maximum atomic E-state index is 10.7. The lowest BCUT2D eigenvalue weighted by Gasteiger charge is -2.02. The van der Waals surface area contributed by atoms with Crippen molar-refractivity contribution in [2.24, 2.45) is 0 Å². The number of alkyl halides is 1. The van der Waals surface area contributed by atoms with Crippen molar-refractivity contribution in [3.05, 3.63) is 34.9 Å². The lowest BCUT2D eigenvalue weighted by molar-refractivity contribution is -0.140. The van der Waals surface area contributed by atoms with E-state index in [1.54, 1.807) is 12.1 Å². The average Bonchev–Trinajstić information content (AvgIpc) is 2.21. The van der Waals surface area contributed by atoms with Gasteiger partial charge in [-0.25, -0.2) is 0 Å². The summed E-state index contributed by atoms with van der Waals surface area (Å²) in [6.07, 6.45) is 0.680. The summed E-state index contributed by atoms with van der Waals surface area (Å²) in [5.41, 5.74) is 1.08. The molecule has 0 unspecified atom stereocenters. The summed E-state index contributed by atoms with van der Waals surface area (Å²) in [5, 5.41) is 0.700. The van der Waals surface area contributed by atoms with E-state index >= 15 is 0 Å². The van der Waals surface area contributed by atoms with Gasteiger partial charge in [0.1, 0.15) is 5.88 Å². The highest BCUT2D eigenvalue weighted by molar-refractivity contribution is 6.30. The van der Waals surface area contributed by atoms with E-state index in [2.05, 4.69) is 0 Å². The standard InChI is InChI=1S/C10H10Cl2O2/c11-7-10(13)14-6-5-8-1-3-9(12)4-2-8/h1-4H,5-7H2. The van der Waals surface area contributed by atoms with Gasteiger partial charge in [0.15, 0.2) is 0 Å². The molecule has 2 nitrogen and oxygen atoms in total. The topological polar surface area (TPSA) is 26.3 Å². The molecule has 0 aliphatic heterocycles. The quantitative estimate of drug-likeness (QED) is 0.590. The summed E-state index contributed by atoms with van der Waals surface area (Å²) in [7, 11) is 0. The molecule has 76 valence electrons. The Morgan fingerprint density at radius 2 is 1.93 bits per heavy atom. The first-order valence-electron chi connectivity index (χ1n) is 4.18. The zero-order chi connectivity index (χ0) is 10.4. The first kappa shape index (κ1) is 11.3. The summed E-state index contributed by atoms with van der Waals surface area (Å²) in [4.78, 5) is 10.7. The van der Waals surface area contributed by atoms with Gasteiger partial charge in [0.05, 0.1) is 6.61 Å². The predicted octanol–water partition coefficient (Wildman–Crippen LogP) is 2.66. The van der Waals surface area contributed by atoms with Crippen LogP contribution in [0, 0.1) is 0 Å². The first-order valence-corrected chi connectivity index (χ1v) is 5.09. The van der Waals surface area contributed by atoms with Gasteiger partial charge in [0.25, 0.3) is 0 Å². The van der Waals surface area contributed by atoms with Crippen LogP contribution in [-0.4, -0.2) is 18.5 Å². The predicted molar refractivity (Wildman–Crippen MR) is 56.8 cm³/mol. The molecule has 0 aliphatic rings. The summed E-state index contributed by atoms with van der Waals surface area (Å²) in [5.74, 6) is -0.485. The van der Waals surface area contributed by atoms with Gasteiger partial charge in [-0.05, 0) is 17.7 Å². The smallest absolute Gasteiger partial charge is 0.320 e. The number of rotatable bonds is 4. The van der Waals surface area contributed by atoms with Gasteiger partial charge in [-0.15, -0.1) is 11.6 Å². The minimum Gasteiger partial charge on any atom is -0.464 e. The molecule has 1 rings (SSSR count). The molecule has 0 fully saturated rings. The van der Waals surface area contributed by atoms with Crippen molar-refractivity contribution in [3.8, 4) is 0 Å². The molecule has 1 aromatic carbocycles. The van der Waals surface area contributed by atoms with Crippen LogP contribution in [-0.2, 0) is 16.0 Å². The van der Waals surface area contributed by atoms with Crippen molar-refractivity contribution < 1.29 is 9.53 Å². The maximum Gasteiger partial charge on any atom is 0.320 e. The number of esters is 1. The molecule has 14 heavy (non-hydrogen) atoms. The molecule has 1 aromatic rings. The van der Waals surface area contributed by atoms with E-state index in [4.69, 9.17) is 27.9 Å². The van der Waals surface area contributed by atoms with Gasteiger partial charge in [0.2, 0.25) is 0 Å². The number of hydrogen-bond acceptors (Lipinski definition) is 2. The SMILES string of the molecule is O=C(CCl)OCCc1ccc(Cl)cc1. The van der Waals surface area contributed by atoms with Crippen molar-refractivity contribution in [3.63, 3.8) is 0 Å². The Kier molecular flexibility index (Phi) is 4.77. The van der Waals surface area contributed by atoms with E-state index in [0.29, 0.717) is 18.1 Å². The highest BCUT2D eigenvalue weighted by Crippen LogP contribution is 2.09. The van der Waals surface area contributed by atoms with E-state index in [-0.39, 0.29) is 11.8 Å². The Labute approximate surface area is 92.8 Å². The summed E-state index contributed by atoms with van der Waals surface area (Å²) >= 11 is 11.0. The van der Waals surface area contributed by atoms with Crippen LogP contribution in [0.2, 0.25) is 5.02 Å². The Hall–Kier alpha value is -0.730. The minimum atomic E-state index is -0.388. The van der Waals surface area contributed by atoms with Crippen LogP contribution in [0.1, 0.15) is 5.56 Å². The Bertz CT molecular complexity index is 295. The number of carbonyl (C=O) groups is 1. The van der Waals surface area contributed by atoms with Crippen LogP contribution in [0.3, 0.4) is 0 Å². The maximum absolute atomic E-state index is 10.7. The second-order valence-electron chi connectivity index (χ2n) is 2.73. The molecule has 0 saturated carbocycles. The second kappa shape index (κ2) is 5.89. The van der Waals surface area contributed by atoms with Crippen molar-refractivity contribution in [2.45, 2.75) is 6.42 Å². The fourth-order valence-electron chi connectivity index (χ4n) is 0.972. The molecule has 0 amide bonds. The fraction of sp³-hybridized carbons (Fsp3) is 0.300. The third-order valence-electron chi connectivity index (χ3n) is 1.68. The first-order chi connectivity index (χ1) is 6.72. The minimum absolute atomic E-state index is 0.0966. The molecule has 4 heteroatoms. The lowest BCUT2D eigenvalue weighted by Crippen LogP contribution is -2.08. The molecular weight excluding hydrogens is 223 g/mol. The molecule has 0 radical (unpaired) electrons. The van der Waals surface area contributed by atoms with Crippen LogP contribution in [0.25, 0.3) is 0 Å². The van der Waals surface area contributed by atoms with E-state index in [1.165, 1.54) is 0 Å². The highest BCUT2D eigenvalue weighted by atomic mass is 35.5. The van der Waals surface area contributed by atoms with Crippen LogP contribution in [0.4, 0.5) is 0 Å². The molecule has 0 spiro atoms.